The number of sulfonamides is 1. The van der Waals surface area contributed by atoms with E-state index < -0.39 is 16.1 Å². The average molecular weight is 345 g/mol. The summed E-state index contributed by atoms with van der Waals surface area (Å²) < 4.78 is 27.7. The molecule has 0 radical (unpaired) electrons. The molecule has 5 heteroatoms. The Morgan fingerprint density at radius 3 is 2.42 bits per heavy atom. The van der Waals surface area contributed by atoms with Crippen LogP contribution >= 0.6 is 0 Å². The van der Waals surface area contributed by atoms with Crippen molar-refractivity contribution in [2.24, 2.45) is 0 Å². The Balaban J connectivity index is 2.07. The smallest absolute Gasteiger partial charge is 0.264 e. The zero-order chi connectivity index (χ0) is 17.5. The Hall–Kier alpha value is -1.85. The second-order valence-electron chi connectivity index (χ2n) is 6.62. The number of anilines is 1. The summed E-state index contributed by atoms with van der Waals surface area (Å²) in [7, 11) is -3.64. The Kier molecular flexibility index (Phi) is 4.40. The van der Waals surface area contributed by atoms with Crippen LogP contribution in [0.25, 0.3) is 0 Å². The molecule has 0 aliphatic carbocycles. The maximum absolute atomic E-state index is 13.1. The summed E-state index contributed by atoms with van der Waals surface area (Å²) in [5.41, 5.74) is 3.26. The second-order valence-corrected chi connectivity index (χ2v) is 8.48. The fourth-order valence-corrected chi connectivity index (χ4v) is 4.76. The van der Waals surface area contributed by atoms with Crippen LogP contribution in [0.1, 0.15) is 49.0 Å². The summed E-state index contributed by atoms with van der Waals surface area (Å²) in [5, 5.41) is 10.2. The lowest BCUT2D eigenvalue weighted by Gasteiger charge is -2.34. The van der Waals surface area contributed by atoms with Gasteiger partial charge in [-0.05, 0) is 42.5 Å². The van der Waals surface area contributed by atoms with Gasteiger partial charge in [-0.1, -0.05) is 44.2 Å². The fourth-order valence-electron chi connectivity index (χ4n) is 3.19. The second kappa shape index (κ2) is 6.22. The first-order chi connectivity index (χ1) is 11.3. The number of rotatable bonds is 3. The number of para-hydroxylation sites is 1. The molecule has 2 aromatic carbocycles. The first kappa shape index (κ1) is 17.0. The van der Waals surface area contributed by atoms with E-state index in [2.05, 4.69) is 13.8 Å². The molecule has 1 aliphatic rings. The van der Waals surface area contributed by atoms with E-state index in [9.17, 15) is 13.5 Å². The molecule has 0 saturated carbocycles. The van der Waals surface area contributed by atoms with Gasteiger partial charge >= 0.3 is 0 Å². The van der Waals surface area contributed by atoms with Gasteiger partial charge in [0.05, 0.1) is 16.7 Å². The molecule has 0 fully saturated rings. The van der Waals surface area contributed by atoms with Crippen LogP contribution in [0.3, 0.4) is 0 Å². The minimum absolute atomic E-state index is 0.285. The van der Waals surface area contributed by atoms with Gasteiger partial charge in [-0.3, -0.25) is 4.31 Å². The molecule has 1 N–H and O–H groups in total. The van der Waals surface area contributed by atoms with Gasteiger partial charge < -0.3 is 5.11 Å². The third kappa shape index (κ3) is 2.82. The third-order valence-electron chi connectivity index (χ3n) is 4.62. The maximum Gasteiger partial charge on any atom is 0.264 e. The summed E-state index contributed by atoms with van der Waals surface area (Å²) in [6, 6.07) is 12.6. The quantitative estimate of drug-likeness (QED) is 0.922. The van der Waals surface area contributed by atoms with Crippen LogP contribution in [0.15, 0.2) is 47.4 Å². The molecule has 4 nitrogen and oxygen atoms in total. The Morgan fingerprint density at radius 2 is 1.79 bits per heavy atom. The molecule has 0 spiro atoms. The normalized spacial score (nSPS) is 17.9. The molecule has 1 atom stereocenters. The van der Waals surface area contributed by atoms with E-state index >= 15 is 0 Å². The van der Waals surface area contributed by atoms with Crippen LogP contribution < -0.4 is 4.31 Å². The standard InChI is InChI=1S/C19H23NO3S/c1-13(2)15-7-9-16(10-8-15)24(22,23)20-12-11-18(21)17-6-4-5-14(3)19(17)20/h4-10,13,18,21H,11-12H2,1-3H3. The maximum atomic E-state index is 13.1. The predicted octanol–water partition coefficient (Wildman–Crippen LogP) is 3.75. The van der Waals surface area contributed by atoms with Crippen LogP contribution in [0.2, 0.25) is 0 Å². The van der Waals surface area contributed by atoms with Gasteiger partial charge in [0.1, 0.15) is 0 Å². The van der Waals surface area contributed by atoms with E-state index in [1.807, 2.05) is 31.2 Å². The van der Waals surface area contributed by atoms with Crippen LogP contribution in [-0.4, -0.2) is 20.1 Å². The molecular formula is C19H23NO3S. The largest absolute Gasteiger partial charge is 0.388 e. The van der Waals surface area contributed by atoms with Gasteiger partial charge in [0.2, 0.25) is 0 Å². The summed E-state index contributed by atoms with van der Waals surface area (Å²) in [6.45, 7) is 6.32. The van der Waals surface area contributed by atoms with Gasteiger partial charge in [0, 0.05) is 12.1 Å². The van der Waals surface area contributed by atoms with Crippen molar-refractivity contribution in [3.05, 3.63) is 59.2 Å². The molecule has 0 saturated heterocycles. The van der Waals surface area contributed by atoms with Crippen molar-refractivity contribution in [2.75, 3.05) is 10.8 Å². The Labute approximate surface area is 143 Å². The first-order valence-corrected chi connectivity index (χ1v) is 9.66. The highest BCUT2D eigenvalue weighted by Gasteiger charge is 2.33. The molecule has 24 heavy (non-hydrogen) atoms. The molecule has 1 aliphatic heterocycles. The molecule has 1 heterocycles. The van der Waals surface area contributed by atoms with Gasteiger partial charge in [-0.15, -0.1) is 0 Å². The number of hydrogen-bond donors (Lipinski definition) is 1. The van der Waals surface area contributed by atoms with Gasteiger partial charge in [-0.2, -0.15) is 0 Å². The van der Waals surface area contributed by atoms with Gasteiger partial charge in [-0.25, -0.2) is 8.42 Å². The summed E-state index contributed by atoms with van der Waals surface area (Å²) >= 11 is 0. The van der Waals surface area contributed by atoms with Crippen molar-refractivity contribution in [2.45, 2.75) is 44.1 Å². The molecule has 2 aromatic rings. The number of aliphatic hydroxyl groups excluding tert-OH is 1. The topological polar surface area (TPSA) is 57.6 Å². The zero-order valence-electron chi connectivity index (χ0n) is 14.2. The molecule has 128 valence electrons. The highest BCUT2D eigenvalue weighted by Crippen LogP contribution is 2.39. The van der Waals surface area contributed by atoms with Crippen molar-refractivity contribution < 1.29 is 13.5 Å². The van der Waals surface area contributed by atoms with Crippen molar-refractivity contribution in [1.29, 1.82) is 0 Å². The van der Waals surface area contributed by atoms with Crippen molar-refractivity contribution in [1.82, 2.24) is 0 Å². The summed E-state index contributed by atoms with van der Waals surface area (Å²) in [6.07, 6.45) is -0.214. The number of aryl methyl sites for hydroxylation is 1. The predicted molar refractivity (Wildman–Crippen MR) is 95.8 cm³/mol. The molecule has 3 rings (SSSR count). The Morgan fingerprint density at radius 1 is 1.12 bits per heavy atom. The van der Waals surface area contributed by atoms with Crippen LogP contribution in [0.4, 0.5) is 5.69 Å². The number of fused-ring (bicyclic) bond motifs is 1. The lowest BCUT2D eigenvalue weighted by molar-refractivity contribution is 0.166. The van der Waals surface area contributed by atoms with E-state index in [0.717, 1.165) is 11.1 Å². The van der Waals surface area contributed by atoms with Crippen molar-refractivity contribution in [3.63, 3.8) is 0 Å². The van der Waals surface area contributed by atoms with Crippen molar-refractivity contribution in [3.8, 4) is 0 Å². The summed E-state index contributed by atoms with van der Waals surface area (Å²) in [4.78, 5) is 0.289. The van der Waals surface area contributed by atoms with Crippen LogP contribution in [-0.2, 0) is 10.0 Å². The minimum Gasteiger partial charge on any atom is -0.388 e. The highest BCUT2D eigenvalue weighted by atomic mass is 32.2. The lowest BCUT2D eigenvalue weighted by Crippen LogP contribution is -2.37. The van der Waals surface area contributed by atoms with Crippen LogP contribution in [0, 0.1) is 6.92 Å². The number of hydrogen-bond acceptors (Lipinski definition) is 3. The molecule has 0 amide bonds. The minimum atomic E-state index is -3.64. The number of nitrogens with zero attached hydrogens (tertiary/aromatic N) is 1. The monoisotopic (exact) mass is 345 g/mol. The van der Waals surface area contributed by atoms with E-state index in [0.29, 0.717) is 23.6 Å². The van der Waals surface area contributed by atoms with E-state index in [1.54, 1.807) is 18.2 Å². The average Bonchev–Trinajstić information content (AvgIpc) is 2.56. The molecule has 0 bridgehead atoms. The molecule has 1 unspecified atom stereocenters. The van der Waals surface area contributed by atoms with E-state index in [1.165, 1.54) is 4.31 Å². The SMILES string of the molecule is Cc1cccc2c1N(S(=O)(=O)c1ccc(C(C)C)cc1)CCC2O. The van der Waals surface area contributed by atoms with E-state index in [4.69, 9.17) is 0 Å². The molecular weight excluding hydrogens is 322 g/mol. The number of aliphatic hydroxyl groups is 1. The van der Waals surface area contributed by atoms with Crippen LogP contribution in [0.5, 0.6) is 0 Å². The fraction of sp³-hybridized carbons (Fsp3) is 0.368. The molecule has 0 aromatic heterocycles. The zero-order valence-corrected chi connectivity index (χ0v) is 15.0. The van der Waals surface area contributed by atoms with Gasteiger partial charge in [0.25, 0.3) is 10.0 Å². The lowest BCUT2D eigenvalue weighted by atomic mass is 9.98. The number of benzene rings is 2. The van der Waals surface area contributed by atoms with E-state index in [-0.39, 0.29) is 11.4 Å². The Bertz CT molecular complexity index is 841. The van der Waals surface area contributed by atoms with Gasteiger partial charge in [0.15, 0.2) is 0 Å². The highest BCUT2D eigenvalue weighted by molar-refractivity contribution is 7.92. The third-order valence-corrected chi connectivity index (χ3v) is 6.43. The first-order valence-electron chi connectivity index (χ1n) is 8.22. The summed E-state index contributed by atoms with van der Waals surface area (Å²) in [5.74, 6) is 0.356. The van der Waals surface area contributed by atoms with Crippen molar-refractivity contribution >= 4 is 15.7 Å².